The van der Waals surface area contributed by atoms with Gasteiger partial charge in [0.05, 0.1) is 22.3 Å². The molecule has 0 aromatic heterocycles. The second kappa shape index (κ2) is 9.41. The molecule has 1 saturated heterocycles. The highest BCUT2D eigenvalue weighted by Gasteiger charge is 2.30. The number of para-hydroxylation sites is 1. The van der Waals surface area contributed by atoms with Crippen molar-refractivity contribution >= 4 is 44.8 Å². The first-order chi connectivity index (χ1) is 14.3. The Labute approximate surface area is 187 Å². The van der Waals surface area contributed by atoms with E-state index >= 15 is 0 Å². The number of hydrogen-bond donors (Lipinski definition) is 0. The van der Waals surface area contributed by atoms with Gasteiger partial charge < -0.3 is 4.90 Å². The zero-order valence-electron chi connectivity index (χ0n) is 16.7. The molecule has 1 aliphatic heterocycles. The van der Waals surface area contributed by atoms with E-state index in [1.54, 1.807) is 35.2 Å². The van der Waals surface area contributed by atoms with Crippen molar-refractivity contribution in [3.05, 3.63) is 70.7 Å². The van der Waals surface area contributed by atoms with E-state index in [1.807, 2.05) is 6.92 Å². The molecule has 160 valence electrons. The van der Waals surface area contributed by atoms with Crippen LogP contribution in [0.5, 0.6) is 0 Å². The Bertz CT molecular complexity index is 1060. The molecule has 2 aromatic rings. The van der Waals surface area contributed by atoms with Gasteiger partial charge in [-0.15, -0.1) is 6.58 Å². The molecule has 0 N–H and O–H groups in total. The fourth-order valence-corrected chi connectivity index (χ4v) is 5.86. The second-order valence-corrected chi connectivity index (χ2v) is 9.91. The minimum atomic E-state index is -4.09. The molecule has 1 amide bonds. The molecule has 1 atom stereocenters. The van der Waals surface area contributed by atoms with Crippen LogP contribution in [-0.4, -0.2) is 38.4 Å². The van der Waals surface area contributed by atoms with Gasteiger partial charge >= 0.3 is 0 Å². The highest BCUT2D eigenvalue weighted by molar-refractivity contribution is 7.93. The number of amides is 1. The molecular weight excluding hydrogens is 443 g/mol. The molecule has 1 fully saturated rings. The molecule has 0 spiro atoms. The minimum absolute atomic E-state index is 0.00370. The third kappa shape index (κ3) is 4.51. The first-order valence-corrected chi connectivity index (χ1v) is 12.0. The molecule has 5 nitrogen and oxygen atoms in total. The van der Waals surface area contributed by atoms with Gasteiger partial charge in [-0.05, 0) is 56.5 Å². The largest absolute Gasteiger partial charge is 0.336 e. The summed E-state index contributed by atoms with van der Waals surface area (Å²) in [7, 11) is -4.09. The molecule has 1 aliphatic rings. The Morgan fingerprint density at radius 2 is 1.93 bits per heavy atom. The van der Waals surface area contributed by atoms with Gasteiger partial charge in [0, 0.05) is 18.2 Å². The van der Waals surface area contributed by atoms with Crippen molar-refractivity contribution in [3.8, 4) is 0 Å². The molecule has 1 unspecified atom stereocenters. The van der Waals surface area contributed by atoms with Crippen molar-refractivity contribution in [3.63, 3.8) is 0 Å². The molecule has 2 aromatic carbocycles. The summed E-state index contributed by atoms with van der Waals surface area (Å²) < 4.78 is 28.2. The second-order valence-electron chi connectivity index (χ2n) is 7.26. The van der Waals surface area contributed by atoms with Gasteiger partial charge in [-0.2, -0.15) is 0 Å². The molecule has 3 rings (SSSR count). The molecular formula is C22H24Cl2N2O3S. The SMILES string of the molecule is C=CCN(c1ccccc1Cl)S(=O)(=O)c1cc(C(=O)N2CCCCC2C)ccc1Cl. The lowest BCUT2D eigenvalue weighted by Crippen LogP contribution is -2.42. The summed E-state index contributed by atoms with van der Waals surface area (Å²) in [4.78, 5) is 14.7. The van der Waals surface area contributed by atoms with Crippen molar-refractivity contribution < 1.29 is 13.2 Å². The number of rotatable bonds is 6. The highest BCUT2D eigenvalue weighted by Crippen LogP contribution is 2.33. The van der Waals surface area contributed by atoms with Gasteiger partial charge in [-0.25, -0.2) is 8.42 Å². The molecule has 1 heterocycles. The minimum Gasteiger partial charge on any atom is -0.336 e. The average molecular weight is 467 g/mol. The zero-order chi connectivity index (χ0) is 21.9. The number of carbonyl (C=O) groups is 1. The van der Waals surface area contributed by atoms with Crippen LogP contribution in [0.2, 0.25) is 10.0 Å². The van der Waals surface area contributed by atoms with E-state index in [4.69, 9.17) is 23.2 Å². The van der Waals surface area contributed by atoms with E-state index in [0.29, 0.717) is 17.8 Å². The lowest BCUT2D eigenvalue weighted by Gasteiger charge is -2.33. The van der Waals surface area contributed by atoms with E-state index in [0.717, 1.165) is 23.6 Å². The molecule has 0 bridgehead atoms. The van der Waals surface area contributed by atoms with E-state index in [1.165, 1.54) is 18.2 Å². The van der Waals surface area contributed by atoms with Crippen molar-refractivity contribution in [2.75, 3.05) is 17.4 Å². The van der Waals surface area contributed by atoms with Crippen LogP contribution >= 0.6 is 23.2 Å². The number of nitrogens with zero attached hydrogens (tertiary/aromatic N) is 2. The fraction of sp³-hybridized carbons (Fsp3) is 0.318. The quantitative estimate of drug-likeness (QED) is 0.536. The summed E-state index contributed by atoms with van der Waals surface area (Å²) in [5, 5.41) is 0.327. The smallest absolute Gasteiger partial charge is 0.266 e. The molecule has 0 saturated carbocycles. The third-order valence-electron chi connectivity index (χ3n) is 5.23. The summed E-state index contributed by atoms with van der Waals surface area (Å²) in [6, 6.07) is 11.1. The Kier molecular flexibility index (Phi) is 7.11. The van der Waals surface area contributed by atoms with Crippen molar-refractivity contribution in [2.45, 2.75) is 37.1 Å². The summed E-state index contributed by atoms with van der Waals surface area (Å²) in [5.41, 5.74) is 0.612. The van der Waals surface area contributed by atoms with Crippen LogP contribution < -0.4 is 4.31 Å². The fourth-order valence-electron chi connectivity index (χ4n) is 3.62. The number of benzene rings is 2. The van der Waals surface area contributed by atoms with Crippen molar-refractivity contribution in [1.82, 2.24) is 4.90 Å². The van der Waals surface area contributed by atoms with E-state index in [-0.39, 0.29) is 33.4 Å². The van der Waals surface area contributed by atoms with Crippen LogP contribution in [0.1, 0.15) is 36.5 Å². The van der Waals surface area contributed by atoms with Crippen LogP contribution in [0.15, 0.2) is 60.0 Å². The van der Waals surface area contributed by atoms with Crippen molar-refractivity contribution in [1.29, 1.82) is 0 Å². The monoisotopic (exact) mass is 466 g/mol. The Morgan fingerprint density at radius 1 is 1.20 bits per heavy atom. The molecule has 0 radical (unpaired) electrons. The number of halogens is 2. The highest BCUT2D eigenvalue weighted by atomic mass is 35.5. The van der Waals surface area contributed by atoms with Crippen LogP contribution in [0.3, 0.4) is 0 Å². The van der Waals surface area contributed by atoms with Gasteiger partial charge in [-0.1, -0.05) is 41.4 Å². The Morgan fingerprint density at radius 3 is 2.60 bits per heavy atom. The number of likely N-dealkylation sites (tertiary alicyclic amines) is 1. The molecule has 0 aliphatic carbocycles. The van der Waals surface area contributed by atoms with Crippen LogP contribution in [0, 0.1) is 0 Å². The maximum atomic E-state index is 13.5. The number of piperidine rings is 1. The number of sulfonamides is 1. The number of carbonyl (C=O) groups excluding carboxylic acids is 1. The number of hydrogen-bond acceptors (Lipinski definition) is 3. The van der Waals surface area contributed by atoms with Gasteiger partial charge in [0.1, 0.15) is 4.90 Å². The van der Waals surface area contributed by atoms with E-state index < -0.39 is 10.0 Å². The van der Waals surface area contributed by atoms with Crippen LogP contribution in [0.4, 0.5) is 5.69 Å². The maximum Gasteiger partial charge on any atom is 0.266 e. The van der Waals surface area contributed by atoms with Gasteiger partial charge in [-0.3, -0.25) is 9.10 Å². The van der Waals surface area contributed by atoms with E-state index in [2.05, 4.69) is 6.58 Å². The summed E-state index contributed by atoms with van der Waals surface area (Å²) in [6.45, 7) is 6.33. The normalized spacial score (nSPS) is 16.9. The first-order valence-electron chi connectivity index (χ1n) is 9.76. The van der Waals surface area contributed by atoms with E-state index in [9.17, 15) is 13.2 Å². The lowest BCUT2D eigenvalue weighted by molar-refractivity contribution is 0.0635. The molecule has 30 heavy (non-hydrogen) atoms. The lowest BCUT2D eigenvalue weighted by atomic mass is 10.0. The summed E-state index contributed by atoms with van der Waals surface area (Å²) in [6.07, 6.45) is 4.43. The standard InChI is InChI=1S/C22H24Cl2N2O3S/c1-3-13-26(20-10-5-4-9-18(20)23)30(28,29)21-15-17(11-12-19(21)24)22(27)25-14-7-6-8-16(25)2/h3-5,9-12,15-16H,1,6-8,13-14H2,2H3. The Hall–Kier alpha value is -2.02. The van der Waals surface area contributed by atoms with Gasteiger partial charge in [0.25, 0.3) is 15.9 Å². The first kappa shape index (κ1) is 22.7. The average Bonchev–Trinajstić information content (AvgIpc) is 2.72. The van der Waals surface area contributed by atoms with Gasteiger partial charge in [0.15, 0.2) is 0 Å². The van der Waals surface area contributed by atoms with Gasteiger partial charge in [0.2, 0.25) is 0 Å². The summed E-state index contributed by atoms with van der Waals surface area (Å²) >= 11 is 12.5. The van der Waals surface area contributed by atoms with Crippen molar-refractivity contribution in [2.24, 2.45) is 0 Å². The Balaban J connectivity index is 2.04. The number of anilines is 1. The molecule has 8 heteroatoms. The predicted octanol–water partition coefficient (Wildman–Crippen LogP) is 5.39. The van der Waals surface area contributed by atoms with Crippen LogP contribution in [0.25, 0.3) is 0 Å². The predicted molar refractivity (Wildman–Crippen MR) is 122 cm³/mol. The third-order valence-corrected chi connectivity index (χ3v) is 7.81. The van der Waals surface area contributed by atoms with Crippen LogP contribution in [-0.2, 0) is 10.0 Å². The zero-order valence-corrected chi connectivity index (χ0v) is 19.1. The maximum absolute atomic E-state index is 13.5. The summed E-state index contributed by atoms with van der Waals surface area (Å²) in [5.74, 6) is -0.191. The topological polar surface area (TPSA) is 57.7 Å².